The van der Waals surface area contributed by atoms with Crippen LogP contribution in [0.4, 0.5) is 0 Å². The third-order valence-corrected chi connectivity index (χ3v) is 8.73. The minimum absolute atomic E-state index is 0.0557. The van der Waals surface area contributed by atoms with E-state index in [2.05, 4.69) is 31.2 Å². The Morgan fingerprint density at radius 1 is 0.913 bits per heavy atom. The van der Waals surface area contributed by atoms with Gasteiger partial charge in [0.2, 0.25) is 23.5 Å². The summed E-state index contributed by atoms with van der Waals surface area (Å²) in [6, 6.07) is -4.08. The highest BCUT2D eigenvalue weighted by Gasteiger charge is 2.50. The van der Waals surface area contributed by atoms with E-state index in [-0.39, 0.29) is 48.4 Å². The molecule has 1 aromatic heterocycles. The van der Waals surface area contributed by atoms with Crippen molar-refractivity contribution in [2.45, 2.75) is 104 Å². The Morgan fingerprint density at radius 3 is 2.20 bits per heavy atom. The number of aromatic nitrogens is 2. The van der Waals surface area contributed by atoms with Crippen molar-refractivity contribution in [3.63, 3.8) is 0 Å². The summed E-state index contributed by atoms with van der Waals surface area (Å²) in [6.45, 7) is 13.0. The number of fused-ring (bicyclic) bond motifs is 1. The number of ketones is 1. The van der Waals surface area contributed by atoms with E-state index in [1.807, 2.05) is 26.0 Å². The number of rotatable bonds is 15. The van der Waals surface area contributed by atoms with E-state index in [0.29, 0.717) is 19.3 Å². The molecule has 0 radical (unpaired) electrons. The second kappa shape index (κ2) is 16.4. The van der Waals surface area contributed by atoms with Gasteiger partial charge < -0.3 is 26.2 Å². The summed E-state index contributed by atoms with van der Waals surface area (Å²) < 4.78 is 0. The van der Waals surface area contributed by atoms with E-state index >= 15 is 0 Å². The number of carbonyl (C=O) groups is 6. The van der Waals surface area contributed by atoms with Gasteiger partial charge in [-0.2, -0.15) is 0 Å². The molecular weight excluding hydrogens is 590 g/mol. The highest BCUT2D eigenvalue weighted by Crippen LogP contribution is 2.39. The Labute approximate surface area is 271 Å². The Bertz CT molecular complexity index is 1300. The van der Waals surface area contributed by atoms with Crippen molar-refractivity contribution in [2.24, 2.45) is 23.7 Å². The molecule has 0 saturated carbocycles. The van der Waals surface area contributed by atoms with Crippen LogP contribution in [0.1, 0.15) is 84.6 Å². The van der Waals surface area contributed by atoms with Crippen molar-refractivity contribution in [2.75, 3.05) is 6.54 Å². The van der Waals surface area contributed by atoms with E-state index in [1.165, 1.54) is 23.5 Å². The minimum atomic E-state index is -1.03. The van der Waals surface area contributed by atoms with E-state index in [1.54, 1.807) is 34.6 Å². The van der Waals surface area contributed by atoms with E-state index in [0.717, 1.165) is 0 Å². The number of allylic oxidation sites excluding steroid dienone is 1. The molecule has 0 bridgehead atoms. The van der Waals surface area contributed by atoms with Gasteiger partial charge >= 0.3 is 0 Å². The Hall–Kier alpha value is -4.16. The first kappa shape index (κ1) is 36.3. The van der Waals surface area contributed by atoms with Crippen LogP contribution in [0.25, 0.3) is 0 Å². The maximum absolute atomic E-state index is 14.2. The van der Waals surface area contributed by atoms with Gasteiger partial charge in [-0.3, -0.25) is 33.8 Å². The molecule has 13 heteroatoms. The Morgan fingerprint density at radius 2 is 1.61 bits per heavy atom. The predicted molar refractivity (Wildman–Crippen MR) is 171 cm³/mol. The van der Waals surface area contributed by atoms with Crippen LogP contribution in [0.15, 0.2) is 30.7 Å². The van der Waals surface area contributed by atoms with Gasteiger partial charge in [-0.1, -0.05) is 60.1 Å². The van der Waals surface area contributed by atoms with Crippen LogP contribution in [0, 0.1) is 23.7 Å². The summed E-state index contributed by atoms with van der Waals surface area (Å²) in [7, 11) is 0. The number of nitrogens with zero attached hydrogens (tertiary/aromatic N) is 3. The first-order chi connectivity index (χ1) is 21.8. The third kappa shape index (κ3) is 8.76. The molecule has 1 aromatic rings. The fourth-order valence-corrected chi connectivity index (χ4v) is 5.89. The molecule has 1 aliphatic carbocycles. The van der Waals surface area contributed by atoms with Crippen molar-refractivity contribution in [3.05, 3.63) is 36.4 Å². The third-order valence-electron chi connectivity index (χ3n) is 8.73. The number of Topliss-reactive ketones (excluding diaryl/α,β-unsaturated/α-hetero) is 1. The second-order valence-corrected chi connectivity index (χ2v) is 12.9. The molecule has 1 saturated heterocycles. The lowest BCUT2D eigenvalue weighted by Gasteiger charge is -2.33. The molecule has 3 rings (SSSR count). The van der Waals surface area contributed by atoms with Gasteiger partial charge in [0.15, 0.2) is 0 Å². The molecule has 252 valence electrons. The predicted octanol–water partition coefficient (Wildman–Crippen LogP) is 1.54. The SMILES string of the molecule is CCCC(NC(=O)[C@@H]1[C@H]2CC=C[C@H]2CN1C(=O)[C@@H](NC(=O)[C@H](NC(=O)c1cnccn1)C(C)C)C(C)C)C(=O)C(=O)N[C@@H](C)CC. The first-order valence-electron chi connectivity index (χ1n) is 16.3. The van der Waals surface area contributed by atoms with Crippen LogP contribution < -0.4 is 21.3 Å². The van der Waals surface area contributed by atoms with Crippen LogP contribution in [-0.4, -0.2) is 86.9 Å². The molecule has 4 N–H and O–H groups in total. The fourth-order valence-electron chi connectivity index (χ4n) is 5.89. The molecule has 1 unspecified atom stereocenters. The molecule has 0 aromatic carbocycles. The van der Waals surface area contributed by atoms with Crippen molar-refractivity contribution in [1.29, 1.82) is 0 Å². The minimum Gasteiger partial charge on any atom is -0.347 e. The van der Waals surface area contributed by atoms with Crippen molar-refractivity contribution in [1.82, 2.24) is 36.1 Å². The van der Waals surface area contributed by atoms with Crippen molar-refractivity contribution >= 4 is 35.3 Å². The van der Waals surface area contributed by atoms with Crippen LogP contribution in [0.2, 0.25) is 0 Å². The molecule has 1 aliphatic heterocycles. The first-order valence-corrected chi connectivity index (χ1v) is 16.3. The maximum Gasteiger partial charge on any atom is 0.289 e. The molecule has 1 fully saturated rings. The second-order valence-electron chi connectivity index (χ2n) is 12.9. The number of hydrogen-bond donors (Lipinski definition) is 4. The highest BCUT2D eigenvalue weighted by molar-refractivity contribution is 6.38. The van der Waals surface area contributed by atoms with Gasteiger partial charge in [0.1, 0.15) is 23.8 Å². The zero-order valence-corrected chi connectivity index (χ0v) is 27.9. The topological polar surface area (TPSA) is 180 Å². The van der Waals surface area contributed by atoms with Gasteiger partial charge in [-0.25, -0.2) is 4.98 Å². The number of hydrogen-bond acceptors (Lipinski definition) is 8. The molecule has 2 heterocycles. The number of nitrogens with one attached hydrogen (secondary N) is 4. The van der Waals surface area contributed by atoms with Crippen molar-refractivity contribution in [3.8, 4) is 0 Å². The largest absolute Gasteiger partial charge is 0.347 e. The maximum atomic E-state index is 14.2. The van der Waals surface area contributed by atoms with Crippen LogP contribution in [0.5, 0.6) is 0 Å². The van der Waals surface area contributed by atoms with Crippen LogP contribution >= 0.6 is 0 Å². The summed E-state index contributed by atoms with van der Waals surface area (Å²) in [5.41, 5.74) is 0.0557. The summed E-state index contributed by atoms with van der Waals surface area (Å²) in [5, 5.41) is 11.0. The summed E-state index contributed by atoms with van der Waals surface area (Å²) in [4.78, 5) is 89.5. The van der Waals surface area contributed by atoms with Gasteiger partial charge in [0.05, 0.1) is 12.2 Å². The Balaban J connectivity index is 1.81. The molecule has 2 aliphatic rings. The average molecular weight is 640 g/mol. The molecule has 46 heavy (non-hydrogen) atoms. The molecule has 5 amide bonds. The lowest BCUT2D eigenvalue weighted by molar-refractivity contribution is -0.145. The van der Waals surface area contributed by atoms with Crippen LogP contribution in [0.3, 0.4) is 0 Å². The number of amides is 5. The van der Waals surface area contributed by atoms with Gasteiger partial charge in [-0.05, 0) is 43.9 Å². The lowest BCUT2D eigenvalue weighted by atomic mass is 9.92. The summed E-state index contributed by atoms with van der Waals surface area (Å²) >= 11 is 0. The lowest BCUT2D eigenvalue weighted by Crippen LogP contribution is -2.60. The smallest absolute Gasteiger partial charge is 0.289 e. The molecular formula is C33H49N7O6. The van der Waals surface area contributed by atoms with Gasteiger partial charge in [-0.15, -0.1) is 0 Å². The summed E-state index contributed by atoms with van der Waals surface area (Å²) in [5.74, 6) is -4.44. The quantitative estimate of drug-likeness (QED) is 0.165. The Kier molecular flexibility index (Phi) is 13.0. The molecule has 13 nitrogen and oxygen atoms in total. The van der Waals surface area contributed by atoms with Gasteiger partial charge in [0.25, 0.3) is 11.8 Å². The van der Waals surface area contributed by atoms with E-state index in [9.17, 15) is 28.8 Å². The number of likely N-dealkylation sites (tertiary alicyclic amines) is 1. The molecule has 0 spiro atoms. The fraction of sp³-hybridized carbons (Fsp3) is 0.636. The zero-order valence-electron chi connectivity index (χ0n) is 27.9. The average Bonchev–Trinajstić information content (AvgIpc) is 3.63. The molecule has 7 atom stereocenters. The highest BCUT2D eigenvalue weighted by atomic mass is 16.2. The summed E-state index contributed by atoms with van der Waals surface area (Å²) in [6.07, 6.45) is 10.1. The van der Waals surface area contributed by atoms with E-state index in [4.69, 9.17) is 0 Å². The zero-order chi connectivity index (χ0) is 34.1. The van der Waals surface area contributed by atoms with Crippen LogP contribution in [-0.2, 0) is 24.0 Å². The normalized spacial score (nSPS) is 21.2. The van der Waals surface area contributed by atoms with Gasteiger partial charge in [0, 0.05) is 30.9 Å². The van der Waals surface area contributed by atoms with E-state index < -0.39 is 59.5 Å². The standard InChI is InChI=1S/C33H49N7O6/c1-8-11-23(28(41)32(45)36-20(7)9-2)37-31(44)27-22-13-10-12-21(22)17-40(27)33(46)26(19(5)6)39-30(43)25(18(3)4)38-29(42)24-16-34-14-15-35-24/h10,12,14-16,18-23,25-27H,8-9,11,13,17H2,1-7H3,(H,36,45)(H,37,44)(H,38,42)(H,39,43)/t20-,21-,22-,23?,25+,26-,27-/m0/s1. The monoisotopic (exact) mass is 639 g/mol. The van der Waals surface area contributed by atoms with Crippen molar-refractivity contribution < 1.29 is 28.8 Å². The number of carbonyl (C=O) groups excluding carboxylic acids is 6.